The Bertz CT molecular complexity index is 374. The first kappa shape index (κ1) is 15.1. The van der Waals surface area contributed by atoms with Crippen LogP contribution in [0, 0.1) is 24.7 Å². The van der Waals surface area contributed by atoms with Crippen molar-refractivity contribution in [1.29, 1.82) is 0 Å². The fourth-order valence-electron chi connectivity index (χ4n) is 3.49. The van der Waals surface area contributed by atoms with Crippen molar-refractivity contribution < 1.29 is 0 Å². The van der Waals surface area contributed by atoms with Gasteiger partial charge in [0.25, 0.3) is 0 Å². The summed E-state index contributed by atoms with van der Waals surface area (Å²) in [5.74, 6) is 2.67. The van der Waals surface area contributed by atoms with Crippen LogP contribution in [-0.4, -0.2) is 6.54 Å². The summed E-state index contributed by atoms with van der Waals surface area (Å²) >= 11 is 1.97. The van der Waals surface area contributed by atoms with Crippen LogP contribution < -0.4 is 5.32 Å². The third-order valence-electron chi connectivity index (χ3n) is 4.72. The minimum atomic E-state index is 0.594. The van der Waals surface area contributed by atoms with Gasteiger partial charge in [-0.25, -0.2) is 0 Å². The van der Waals surface area contributed by atoms with Gasteiger partial charge in [-0.05, 0) is 69.0 Å². The molecule has 0 saturated heterocycles. The van der Waals surface area contributed by atoms with E-state index in [9.17, 15) is 0 Å². The van der Waals surface area contributed by atoms with E-state index in [1.54, 1.807) is 4.88 Å². The average Bonchev–Trinajstić information content (AvgIpc) is 2.82. The maximum Gasteiger partial charge on any atom is 0.0443 e. The third kappa shape index (κ3) is 3.82. The molecule has 19 heavy (non-hydrogen) atoms. The van der Waals surface area contributed by atoms with Gasteiger partial charge in [0.2, 0.25) is 0 Å². The molecule has 0 amide bonds. The molecule has 1 atom stereocenters. The lowest BCUT2D eigenvalue weighted by molar-refractivity contribution is 0.191. The van der Waals surface area contributed by atoms with E-state index in [1.165, 1.54) is 30.6 Å². The van der Waals surface area contributed by atoms with Crippen molar-refractivity contribution in [2.75, 3.05) is 6.54 Å². The summed E-state index contributed by atoms with van der Waals surface area (Å²) in [6.07, 6.45) is 5.65. The van der Waals surface area contributed by atoms with Crippen molar-refractivity contribution in [3.05, 3.63) is 21.9 Å². The summed E-state index contributed by atoms with van der Waals surface area (Å²) in [6.45, 7) is 10.3. The topological polar surface area (TPSA) is 12.0 Å². The molecule has 1 nitrogen and oxygen atoms in total. The highest BCUT2D eigenvalue weighted by Gasteiger charge is 2.29. The monoisotopic (exact) mass is 279 g/mol. The van der Waals surface area contributed by atoms with Crippen LogP contribution in [0.25, 0.3) is 0 Å². The fraction of sp³-hybridized carbons (Fsp3) is 0.765. The SMILES string of the molecule is CCNC(c1ccc(C)s1)C1CCC(C(C)C)CC1. The molecule has 0 spiro atoms. The highest BCUT2D eigenvalue weighted by atomic mass is 32.1. The summed E-state index contributed by atoms with van der Waals surface area (Å²) < 4.78 is 0. The summed E-state index contributed by atoms with van der Waals surface area (Å²) in [4.78, 5) is 2.99. The Morgan fingerprint density at radius 2 is 1.79 bits per heavy atom. The van der Waals surface area contributed by atoms with E-state index in [0.717, 1.165) is 24.3 Å². The van der Waals surface area contributed by atoms with E-state index in [1.807, 2.05) is 11.3 Å². The van der Waals surface area contributed by atoms with E-state index in [2.05, 4.69) is 45.1 Å². The molecule has 1 heterocycles. The van der Waals surface area contributed by atoms with Crippen LogP contribution >= 0.6 is 11.3 Å². The minimum Gasteiger partial charge on any atom is -0.309 e. The van der Waals surface area contributed by atoms with Crippen LogP contribution in [0.15, 0.2) is 12.1 Å². The van der Waals surface area contributed by atoms with Crippen LogP contribution in [0.4, 0.5) is 0 Å². The Hall–Kier alpha value is -0.340. The van der Waals surface area contributed by atoms with Gasteiger partial charge in [-0.1, -0.05) is 20.8 Å². The lowest BCUT2D eigenvalue weighted by Gasteiger charge is -2.35. The molecule has 108 valence electrons. The van der Waals surface area contributed by atoms with E-state index in [0.29, 0.717) is 6.04 Å². The van der Waals surface area contributed by atoms with Gasteiger partial charge < -0.3 is 5.32 Å². The highest BCUT2D eigenvalue weighted by Crippen LogP contribution is 2.40. The zero-order valence-corrected chi connectivity index (χ0v) is 13.7. The molecule has 1 fully saturated rings. The van der Waals surface area contributed by atoms with Gasteiger partial charge in [0.15, 0.2) is 0 Å². The Kier molecular flexibility index (Phi) is 5.47. The maximum atomic E-state index is 3.74. The van der Waals surface area contributed by atoms with Gasteiger partial charge in [-0.3, -0.25) is 0 Å². The summed E-state index contributed by atoms with van der Waals surface area (Å²) in [5.41, 5.74) is 0. The van der Waals surface area contributed by atoms with Gasteiger partial charge in [0.05, 0.1) is 0 Å². The number of thiophene rings is 1. The zero-order chi connectivity index (χ0) is 13.8. The number of nitrogens with one attached hydrogen (secondary N) is 1. The standard InChI is InChI=1S/C17H29NS/c1-5-18-17(16-11-6-13(4)19-16)15-9-7-14(8-10-15)12(2)3/h6,11-12,14-15,17-18H,5,7-10H2,1-4H3. The molecule has 0 aromatic carbocycles. The minimum absolute atomic E-state index is 0.594. The van der Waals surface area contributed by atoms with E-state index in [4.69, 9.17) is 0 Å². The van der Waals surface area contributed by atoms with Gasteiger partial charge in [0.1, 0.15) is 0 Å². The van der Waals surface area contributed by atoms with Gasteiger partial charge in [-0.15, -0.1) is 11.3 Å². The van der Waals surface area contributed by atoms with Crippen LogP contribution in [0.3, 0.4) is 0 Å². The molecule has 0 radical (unpaired) electrons. The van der Waals surface area contributed by atoms with Crippen LogP contribution in [0.2, 0.25) is 0 Å². The van der Waals surface area contributed by atoms with Crippen molar-refractivity contribution in [2.24, 2.45) is 17.8 Å². The van der Waals surface area contributed by atoms with Crippen molar-refractivity contribution in [2.45, 2.75) is 59.4 Å². The zero-order valence-electron chi connectivity index (χ0n) is 12.9. The lowest BCUT2D eigenvalue weighted by Crippen LogP contribution is -2.31. The Labute approximate surface area is 122 Å². The number of rotatable bonds is 5. The first-order valence-corrected chi connectivity index (χ1v) is 8.73. The Morgan fingerprint density at radius 3 is 2.26 bits per heavy atom. The quantitative estimate of drug-likeness (QED) is 0.784. The van der Waals surface area contributed by atoms with E-state index in [-0.39, 0.29) is 0 Å². The van der Waals surface area contributed by atoms with Crippen molar-refractivity contribution in [1.82, 2.24) is 5.32 Å². The number of aryl methyl sites for hydroxylation is 1. The van der Waals surface area contributed by atoms with Crippen molar-refractivity contribution in [3.63, 3.8) is 0 Å². The molecule has 1 aromatic heterocycles. The molecule has 1 aliphatic rings. The number of hydrogen-bond donors (Lipinski definition) is 1. The molecule has 2 heteroatoms. The van der Waals surface area contributed by atoms with Gasteiger partial charge >= 0.3 is 0 Å². The maximum absolute atomic E-state index is 3.74. The second-order valence-corrected chi connectivity index (χ2v) is 7.72. The molecule has 1 aromatic rings. The Morgan fingerprint density at radius 1 is 1.16 bits per heavy atom. The normalized spacial score (nSPS) is 25.7. The summed E-state index contributed by atoms with van der Waals surface area (Å²) in [5, 5.41) is 3.74. The number of hydrogen-bond acceptors (Lipinski definition) is 2. The van der Waals surface area contributed by atoms with E-state index >= 15 is 0 Å². The molecule has 0 bridgehead atoms. The first-order chi connectivity index (χ1) is 9.11. The summed E-state index contributed by atoms with van der Waals surface area (Å²) in [7, 11) is 0. The lowest BCUT2D eigenvalue weighted by atomic mass is 9.74. The first-order valence-electron chi connectivity index (χ1n) is 7.91. The second-order valence-electron chi connectivity index (χ2n) is 6.40. The molecule has 1 saturated carbocycles. The Balaban J connectivity index is 2.01. The van der Waals surface area contributed by atoms with Gasteiger partial charge in [-0.2, -0.15) is 0 Å². The average molecular weight is 279 g/mol. The van der Waals surface area contributed by atoms with Crippen molar-refractivity contribution >= 4 is 11.3 Å². The summed E-state index contributed by atoms with van der Waals surface area (Å²) in [6, 6.07) is 5.20. The highest BCUT2D eigenvalue weighted by molar-refractivity contribution is 7.12. The molecular formula is C17H29NS. The van der Waals surface area contributed by atoms with Crippen molar-refractivity contribution in [3.8, 4) is 0 Å². The predicted molar refractivity (Wildman–Crippen MR) is 85.8 cm³/mol. The van der Waals surface area contributed by atoms with Crippen LogP contribution in [0.5, 0.6) is 0 Å². The molecule has 2 rings (SSSR count). The molecule has 0 aliphatic heterocycles. The molecule has 1 aliphatic carbocycles. The van der Waals surface area contributed by atoms with Gasteiger partial charge in [0, 0.05) is 15.8 Å². The molecule has 1 N–H and O–H groups in total. The third-order valence-corrected chi connectivity index (χ3v) is 5.81. The molecule has 1 unspecified atom stereocenters. The predicted octanol–water partition coefficient (Wildman–Crippen LogP) is 5.17. The molecular weight excluding hydrogens is 250 g/mol. The second kappa shape index (κ2) is 6.90. The van der Waals surface area contributed by atoms with Crippen LogP contribution in [0.1, 0.15) is 62.3 Å². The smallest absolute Gasteiger partial charge is 0.0443 e. The largest absolute Gasteiger partial charge is 0.309 e. The van der Waals surface area contributed by atoms with Crippen LogP contribution in [-0.2, 0) is 0 Å². The van der Waals surface area contributed by atoms with E-state index < -0.39 is 0 Å². The fourth-order valence-corrected chi connectivity index (χ4v) is 4.53.